The Morgan fingerprint density at radius 3 is 1.95 bits per heavy atom. The zero-order valence-electron chi connectivity index (χ0n) is 12.9. The molecule has 0 unspecified atom stereocenters. The number of nitrogens with one attached hydrogen (secondary N) is 3. The smallest absolute Gasteiger partial charge is 0.315 e. The number of hydrogen-bond acceptors (Lipinski definition) is 2. The predicted octanol–water partition coefficient (Wildman–Crippen LogP) is 1.78. The monoisotopic (exact) mass is 269 g/mol. The van der Waals surface area contributed by atoms with E-state index in [0.29, 0.717) is 6.04 Å². The highest BCUT2D eigenvalue weighted by molar-refractivity contribution is 5.88. The summed E-state index contributed by atoms with van der Waals surface area (Å²) in [7, 11) is 0. The van der Waals surface area contributed by atoms with Crippen molar-refractivity contribution >= 4 is 11.9 Å². The van der Waals surface area contributed by atoms with Gasteiger partial charge in [-0.3, -0.25) is 4.79 Å². The van der Waals surface area contributed by atoms with Crippen LogP contribution in [0, 0.1) is 5.41 Å². The summed E-state index contributed by atoms with van der Waals surface area (Å²) in [5.74, 6) is -0.0981. The SMILES string of the molecule is CC(C)(C)NC(=O)N[C@H](C(=O)NC1CC1)C(C)(C)C. The summed E-state index contributed by atoms with van der Waals surface area (Å²) < 4.78 is 0. The summed E-state index contributed by atoms with van der Waals surface area (Å²) in [6.07, 6.45) is 2.08. The first-order chi connectivity index (χ1) is 8.49. The third-order valence-electron chi connectivity index (χ3n) is 2.82. The maximum absolute atomic E-state index is 12.2. The van der Waals surface area contributed by atoms with Crippen molar-refractivity contribution in [3.8, 4) is 0 Å². The molecule has 0 bridgehead atoms. The minimum Gasteiger partial charge on any atom is -0.352 e. The molecule has 0 radical (unpaired) electrons. The van der Waals surface area contributed by atoms with Gasteiger partial charge in [0.25, 0.3) is 0 Å². The molecule has 0 aromatic carbocycles. The van der Waals surface area contributed by atoms with Crippen LogP contribution >= 0.6 is 0 Å². The van der Waals surface area contributed by atoms with E-state index in [2.05, 4.69) is 16.0 Å². The van der Waals surface area contributed by atoms with Crippen LogP contribution < -0.4 is 16.0 Å². The fraction of sp³-hybridized carbons (Fsp3) is 0.857. The molecule has 1 aliphatic carbocycles. The van der Waals surface area contributed by atoms with Gasteiger partial charge in [-0.05, 0) is 39.0 Å². The van der Waals surface area contributed by atoms with Gasteiger partial charge in [-0.25, -0.2) is 4.79 Å². The molecule has 5 nitrogen and oxygen atoms in total. The van der Waals surface area contributed by atoms with Crippen LogP contribution in [0.3, 0.4) is 0 Å². The maximum atomic E-state index is 12.2. The van der Waals surface area contributed by atoms with Crippen LogP contribution in [0.1, 0.15) is 54.4 Å². The molecule has 3 amide bonds. The predicted molar refractivity (Wildman–Crippen MR) is 75.8 cm³/mol. The second-order valence-corrected chi connectivity index (χ2v) is 7.43. The minimum absolute atomic E-state index is 0.0981. The fourth-order valence-electron chi connectivity index (χ4n) is 1.70. The zero-order chi connectivity index (χ0) is 14.8. The van der Waals surface area contributed by atoms with E-state index in [0.717, 1.165) is 12.8 Å². The summed E-state index contributed by atoms with van der Waals surface area (Å²) in [4.78, 5) is 24.1. The van der Waals surface area contributed by atoms with Crippen LogP contribution in [0.4, 0.5) is 4.79 Å². The molecule has 1 rings (SSSR count). The average molecular weight is 269 g/mol. The van der Waals surface area contributed by atoms with Gasteiger partial charge in [0.2, 0.25) is 5.91 Å². The fourth-order valence-corrected chi connectivity index (χ4v) is 1.70. The summed E-state index contributed by atoms with van der Waals surface area (Å²) in [6, 6.07) is -0.543. The third-order valence-corrected chi connectivity index (χ3v) is 2.82. The van der Waals surface area contributed by atoms with Crippen molar-refractivity contribution in [2.24, 2.45) is 5.41 Å². The first kappa shape index (κ1) is 15.8. The molecule has 0 spiro atoms. The average Bonchev–Trinajstić information content (AvgIpc) is 2.93. The van der Waals surface area contributed by atoms with E-state index in [4.69, 9.17) is 0 Å². The van der Waals surface area contributed by atoms with Gasteiger partial charge in [-0.15, -0.1) is 0 Å². The molecule has 0 saturated heterocycles. The van der Waals surface area contributed by atoms with Gasteiger partial charge in [0, 0.05) is 11.6 Å². The number of urea groups is 1. The molecule has 0 aliphatic heterocycles. The molecule has 1 fully saturated rings. The van der Waals surface area contributed by atoms with Crippen LogP contribution in [0.5, 0.6) is 0 Å². The number of carbonyl (C=O) groups is 2. The second kappa shape index (κ2) is 5.39. The van der Waals surface area contributed by atoms with Crippen molar-refractivity contribution in [3.05, 3.63) is 0 Å². The summed E-state index contributed by atoms with van der Waals surface area (Å²) in [5.41, 5.74) is -0.645. The lowest BCUT2D eigenvalue weighted by molar-refractivity contribution is -0.125. The van der Waals surface area contributed by atoms with E-state index in [-0.39, 0.29) is 22.9 Å². The van der Waals surface area contributed by atoms with Gasteiger partial charge >= 0.3 is 6.03 Å². The van der Waals surface area contributed by atoms with E-state index in [1.807, 2.05) is 41.5 Å². The quantitative estimate of drug-likeness (QED) is 0.731. The lowest BCUT2D eigenvalue weighted by Crippen LogP contribution is -2.58. The number of rotatable bonds is 3. The Hall–Kier alpha value is -1.26. The molecule has 0 aromatic rings. The van der Waals surface area contributed by atoms with E-state index < -0.39 is 6.04 Å². The van der Waals surface area contributed by atoms with Crippen molar-refractivity contribution < 1.29 is 9.59 Å². The van der Waals surface area contributed by atoms with Gasteiger partial charge in [0.15, 0.2) is 0 Å². The topological polar surface area (TPSA) is 70.2 Å². The molecule has 5 heteroatoms. The van der Waals surface area contributed by atoms with Crippen LogP contribution in [0.15, 0.2) is 0 Å². The third kappa shape index (κ3) is 5.94. The summed E-state index contributed by atoms with van der Waals surface area (Å²) >= 11 is 0. The Morgan fingerprint density at radius 2 is 1.58 bits per heavy atom. The molecule has 1 atom stereocenters. The Labute approximate surface area is 115 Å². The minimum atomic E-state index is -0.532. The van der Waals surface area contributed by atoms with Crippen molar-refractivity contribution in [1.29, 1.82) is 0 Å². The first-order valence-corrected chi connectivity index (χ1v) is 6.88. The Morgan fingerprint density at radius 1 is 1.05 bits per heavy atom. The van der Waals surface area contributed by atoms with E-state index in [1.165, 1.54) is 0 Å². The highest BCUT2D eigenvalue weighted by Gasteiger charge is 2.36. The Bertz CT molecular complexity index is 349. The van der Waals surface area contributed by atoms with Gasteiger partial charge in [0.1, 0.15) is 6.04 Å². The molecule has 3 N–H and O–H groups in total. The Balaban J connectivity index is 2.64. The maximum Gasteiger partial charge on any atom is 0.315 e. The molecule has 1 aliphatic rings. The van der Waals surface area contributed by atoms with Crippen LogP contribution in [-0.2, 0) is 4.79 Å². The molecule has 110 valence electrons. The van der Waals surface area contributed by atoms with E-state index in [9.17, 15) is 9.59 Å². The van der Waals surface area contributed by atoms with Crippen LogP contribution in [-0.4, -0.2) is 29.6 Å². The van der Waals surface area contributed by atoms with Crippen molar-refractivity contribution in [3.63, 3.8) is 0 Å². The molecule has 0 heterocycles. The van der Waals surface area contributed by atoms with E-state index >= 15 is 0 Å². The van der Waals surface area contributed by atoms with Gasteiger partial charge in [0.05, 0.1) is 0 Å². The number of hydrogen-bond donors (Lipinski definition) is 3. The normalized spacial score (nSPS) is 17.6. The van der Waals surface area contributed by atoms with Crippen LogP contribution in [0.25, 0.3) is 0 Å². The van der Waals surface area contributed by atoms with Gasteiger partial charge in [-0.2, -0.15) is 0 Å². The highest BCUT2D eigenvalue weighted by atomic mass is 16.2. The molecular formula is C14H27N3O2. The first-order valence-electron chi connectivity index (χ1n) is 6.88. The molecule has 19 heavy (non-hydrogen) atoms. The lowest BCUT2D eigenvalue weighted by Gasteiger charge is -2.32. The summed E-state index contributed by atoms with van der Waals surface area (Å²) in [6.45, 7) is 11.6. The van der Waals surface area contributed by atoms with E-state index in [1.54, 1.807) is 0 Å². The van der Waals surface area contributed by atoms with Crippen molar-refractivity contribution in [2.75, 3.05) is 0 Å². The second-order valence-electron chi connectivity index (χ2n) is 7.43. The summed E-state index contributed by atoms with van der Waals surface area (Å²) in [5, 5.41) is 8.55. The standard InChI is InChI=1S/C14H27N3O2/c1-13(2,3)10(11(18)15-9-7-8-9)16-12(19)17-14(4,5)6/h9-10H,7-8H2,1-6H3,(H,15,18)(H2,16,17,19)/t10-/m1/s1. The lowest BCUT2D eigenvalue weighted by atomic mass is 9.86. The van der Waals surface area contributed by atoms with Crippen molar-refractivity contribution in [2.45, 2.75) is 72.0 Å². The highest BCUT2D eigenvalue weighted by Crippen LogP contribution is 2.23. The number of amides is 3. The molecule has 1 saturated carbocycles. The molecule has 0 aromatic heterocycles. The van der Waals surface area contributed by atoms with Crippen LogP contribution in [0.2, 0.25) is 0 Å². The van der Waals surface area contributed by atoms with Gasteiger partial charge < -0.3 is 16.0 Å². The largest absolute Gasteiger partial charge is 0.352 e. The number of carbonyl (C=O) groups excluding carboxylic acids is 2. The Kier molecular flexibility index (Phi) is 4.48. The van der Waals surface area contributed by atoms with Crippen molar-refractivity contribution in [1.82, 2.24) is 16.0 Å². The zero-order valence-corrected chi connectivity index (χ0v) is 12.9. The van der Waals surface area contributed by atoms with Gasteiger partial charge in [-0.1, -0.05) is 20.8 Å². The molecular weight excluding hydrogens is 242 g/mol.